The third-order valence-corrected chi connectivity index (χ3v) is 3.45. The molecular weight excluding hydrogens is 343 g/mol. The highest BCUT2D eigenvalue weighted by atomic mass is 79.9. The lowest BCUT2D eigenvalue weighted by Crippen LogP contribution is -1.94. The number of nitrogens with one attached hydrogen (secondary N) is 1. The maximum absolute atomic E-state index is 13.4. The molecule has 0 bridgehead atoms. The number of carboxylic acid groups (broad SMARTS) is 1. The number of rotatable bonds is 3. The molecule has 21 heavy (non-hydrogen) atoms. The Morgan fingerprint density at radius 1 is 1.29 bits per heavy atom. The van der Waals surface area contributed by atoms with Crippen LogP contribution in [0, 0.1) is 5.82 Å². The van der Waals surface area contributed by atoms with Crippen LogP contribution in [0.25, 0.3) is 11.1 Å². The number of aromatic carboxylic acids is 1. The number of benzene rings is 2. The predicted octanol–water partition coefficient (Wildman–Crippen LogP) is 4.17. The van der Waals surface area contributed by atoms with Crippen LogP contribution >= 0.6 is 15.9 Å². The lowest BCUT2D eigenvalue weighted by molar-refractivity contribution is 0.0697. The lowest BCUT2D eigenvalue weighted by Gasteiger charge is -2.02. The lowest BCUT2D eigenvalue weighted by atomic mass is 10.2. The molecule has 106 valence electrons. The van der Waals surface area contributed by atoms with Crippen molar-refractivity contribution in [2.75, 3.05) is 5.32 Å². The number of hydrogen-bond acceptors (Lipinski definition) is 4. The molecule has 0 saturated carbocycles. The molecule has 2 aromatic carbocycles. The van der Waals surface area contributed by atoms with Gasteiger partial charge in [-0.15, -0.1) is 0 Å². The van der Waals surface area contributed by atoms with Gasteiger partial charge in [0.2, 0.25) is 0 Å². The van der Waals surface area contributed by atoms with Crippen LogP contribution in [0.15, 0.2) is 45.3 Å². The summed E-state index contributed by atoms with van der Waals surface area (Å²) in [5, 5.41) is 11.7. The van der Waals surface area contributed by atoms with Crippen LogP contribution in [-0.2, 0) is 0 Å². The van der Waals surface area contributed by atoms with Crippen molar-refractivity contribution < 1.29 is 18.7 Å². The first-order chi connectivity index (χ1) is 10.0. The Bertz CT molecular complexity index is 847. The Hall–Kier alpha value is -2.41. The molecule has 0 amide bonds. The number of aromatic nitrogens is 1. The summed E-state index contributed by atoms with van der Waals surface area (Å²) in [6.07, 6.45) is 0. The molecular formula is C14H8BrFN2O3. The summed E-state index contributed by atoms with van der Waals surface area (Å²) in [7, 11) is 0. The molecule has 3 rings (SSSR count). The first-order valence-electron chi connectivity index (χ1n) is 5.89. The van der Waals surface area contributed by atoms with Crippen LogP contribution in [-0.4, -0.2) is 16.1 Å². The van der Waals surface area contributed by atoms with Crippen LogP contribution in [0.4, 0.5) is 16.1 Å². The average Bonchev–Trinajstić information content (AvgIpc) is 2.84. The number of halogens is 2. The fourth-order valence-electron chi connectivity index (χ4n) is 1.81. The Labute approximate surface area is 126 Å². The van der Waals surface area contributed by atoms with Crippen LogP contribution in [0.2, 0.25) is 0 Å². The molecule has 7 heteroatoms. The van der Waals surface area contributed by atoms with E-state index in [1.807, 2.05) is 0 Å². The van der Waals surface area contributed by atoms with Gasteiger partial charge in [-0.3, -0.25) is 0 Å². The molecule has 3 aromatic rings. The molecule has 0 saturated heterocycles. The minimum atomic E-state index is -1.04. The number of fused-ring (bicyclic) bond motifs is 1. The van der Waals surface area contributed by atoms with Gasteiger partial charge in [-0.05, 0) is 52.3 Å². The Balaban J connectivity index is 1.93. The fourth-order valence-corrected chi connectivity index (χ4v) is 2.06. The van der Waals surface area contributed by atoms with E-state index in [4.69, 9.17) is 9.52 Å². The minimum absolute atomic E-state index is 0.111. The zero-order chi connectivity index (χ0) is 15.0. The Morgan fingerprint density at radius 2 is 2.10 bits per heavy atom. The van der Waals surface area contributed by atoms with Gasteiger partial charge in [-0.2, -0.15) is 4.98 Å². The third-order valence-electron chi connectivity index (χ3n) is 2.81. The minimum Gasteiger partial charge on any atom is -0.478 e. The van der Waals surface area contributed by atoms with Crippen LogP contribution in [0.5, 0.6) is 0 Å². The summed E-state index contributed by atoms with van der Waals surface area (Å²) in [6.45, 7) is 0. The topological polar surface area (TPSA) is 75.4 Å². The predicted molar refractivity (Wildman–Crippen MR) is 78.4 cm³/mol. The summed E-state index contributed by atoms with van der Waals surface area (Å²) in [5.74, 6) is -1.46. The molecule has 0 aliphatic heterocycles. The molecule has 0 aliphatic carbocycles. The number of carboxylic acids is 1. The highest BCUT2D eigenvalue weighted by molar-refractivity contribution is 9.10. The average molecular weight is 351 g/mol. The molecule has 0 atom stereocenters. The van der Waals surface area contributed by atoms with Crippen LogP contribution < -0.4 is 5.32 Å². The van der Waals surface area contributed by atoms with E-state index in [0.29, 0.717) is 21.3 Å². The van der Waals surface area contributed by atoms with Crippen molar-refractivity contribution in [2.24, 2.45) is 0 Å². The first-order valence-corrected chi connectivity index (χ1v) is 6.68. The molecule has 0 aliphatic rings. The SMILES string of the molecule is O=C(O)c1ccc2nc(Nc3ccc(Br)c(F)c3)oc2c1. The number of nitrogens with zero attached hydrogens (tertiary/aromatic N) is 1. The van der Waals surface area contributed by atoms with E-state index in [9.17, 15) is 9.18 Å². The van der Waals surface area contributed by atoms with Crippen molar-refractivity contribution in [1.82, 2.24) is 4.98 Å². The highest BCUT2D eigenvalue weighted by Crippen LogP contribution is 2.25. The molecule has 2 N–H and O–H groups in total. The normalized spacial score (nSPS) is 10.8. The maximum Gasteiger partial charge on any atom is 0.335 e. The second kappa shape index (κ2) is 5.17. The van der Waals surface area contributed by atoms with Crippen molar-refractivity contribution in [3.8, 4) is 0 Å². The van der Waals surface area contributed by atoms with Gasteiger partial charge in [0.1, 0.15) is 11.3 Å². The van der Waals surface area contributed by atoms with Gasteiger partial charge in [0.25, 0.3) is 6.01 Å². The zero-order valence-electron chi connectivity index (χ0n) is 10.4. The molecule has 0 spiro atoms. The quantitative estimate of drug-likeness (QED) is 0.741. The Kier molecular flexibility index (Phi) is 3.34. The number of anilines is 2. The number of carbonyl (C=O) groups is 1. The van der Waals surface area contributed by atoms with Crippen LogP contribution in [0.1, 0.15) is 10.4 Å². The van der Waals surface area contributed by atoms with Gasteiger partial charge < -0.3 is 14.8 Å². The van der Waals surface area contributed by atoms with E-state index in [0.717, 1.165) is 0 Å². The van der Waals surface area contributed by atoms with E-state index in [1.54, 1.807) is 18.2 Å². The van der Waals surface area contributed by atoms with Gasteiger partial charge in [-0.1, -0.05) is 0 Å². The molecule has 0 unspecified atom stereocenters. The van der Waals surface area contributed by atoms with Crippen molar-refractivity contribution >= 4 is 44.7 Å². The van der Waals surface area contributed by atoms with Crippen molar-refractivity contribution in [2.45, 2.75) is 0 Å². The molecule has 1 heterocycles. The molecule has 5 nitrogen and oxygen atoms in total. The second-order valence-corrected chi connectivity index (χ2v) is 5.11. The summed E-state index contributed by atoms with van der Waals surface area (Å²) in [5.41, 5.74) is 1.44. The van der Waals surface area contributed by atoms with Crippen LogP contribution in [0.3, 0.4) is 0 Å². The smallest absolute Gasteiger partial charge is 0.335 e. The molecule has 1 aromatic heterocycles. The van der Waals surface area contributed by atoms with Crippen molar-refractivity contribution in [3.63, 3.8) is 0 Å². The van der Waals surface area contributed by atoms with Gasteiger partial charge >= 0.3 is 5.97 Å². The van der Waals surface area contributed by atoms with E-state index < -0.39 is 11.8 Å². The van der Waals surface area contributed by atoms with Gasteiger partial charge in [-0.25, -0.2) is 9.18 Å². The number of hydrogen-bond donors (Lipinski definition) is 2. The van der Waals surface area contributed by atoms with E-state index in [1.165, 1.54) is 18.2 Å². The summed E-state index contributed by atoms with van der Waals surface area (Å²) < 4.78 is 19.2. The maximum atomic E-state index is 13.4. The first kappa shape index (κ1) is 13.6. The van der Waals surface area contributed by atoms with Crippen molar-refractivity contribution in [3.05, 3.63) is 52.3 Å². The molecule has 0 fully saturated rings. The van der Waals surface area contributed by atoms with Gasteiger partial charge in [0.05, 0.1) is 10.0 Å². The number of oxazole rings is 1. The largest absolute Gasteiger partial charge is 0.478 e. The van der Waals surface area contributed by atoms with E-state index in [-0.39, 0.29) is 11.6 Å². The monoisotopic (exact) mass is 350 g/mol. The third kappa shape index (κ3) is 2.73. The zero-order valence-corrected chi connectivity index (χ0v) is 12.0. The Morgan fingerprint density at radius 3 is 2.81 bits per heavy atom. The summed E-state index contributed by atoms with van der Waals surface area (Å²) in [4.78, 5) is 15.0. The summed E-state index contributed by atoms with van der Waals surface area (Å²) >= 11 is 3.07. The highest BCUT2D eigenvalue weighted by Gasteiger charge is 2.10. The van der Waals surface area contributed by atoms with Gasteiger partial charge in [0.15, 0.2) is 5.58 Å². The molecule has 0 radical (unpaired) electrons. The van der Waals surface area contributed by atoms with Gasteiger partial charge in [0, 0.05) is 5.69 Å². The second-order valence-electron chi connectivity index (χ2n) is 4.26. The van der Waals surface area contributed by atoms with E-state index in [2.05, 4.69) is 26.2 Å². The summed E-state index contributed by atoms with van der Waals surface area (Å²) in [6, 6.07) is 9.05. The fraction of sp³-hybridized carbons (Fsp3) is 0. The van der Waals surface area contributed by atoms with Crippen molar-refractivity contribution in [1.29, 1.82) is 0 Å². The van der Waals surface area contributed by atoms with E-state index >= 15 is 0 Å². The standard InChI is InChI=1S/C14H8BrFN2O3/c15-9-3-2-8(6-10(9)16)17-14-18-11-4-1-7(13(19)20)5-12(11)21-14/h1-6H,(H,17,18)(H,19,20).